The third-order valence-corrected chi connectivity index (χ3v) is 5.42. The quantitative estimate of drug-likeness (QED) is 0.220. The summed E-state index contributed by atoms with van der Waals surface area (Å²) in [6.45, 7) is 13.3. The van der Waals surface area contributed by atoms with Gasteiger partial charge in [0.25, 0.3) is 0 Å². The Morgan fingerprint density at radius 1 is 0.926 bits per heavy atom. The molecule has 1 heterocycles. The van der Waals surface area contributed by atoms with Crippen LogP contribution < -0.4 is 0 Å². The zero-order chi connectivity index (χ0) is 19.3. The number of benzene rings is 1. The second kappa shape index (κ2) is 13.5. The first-order valence-corrected chi connectivity index (χ1v) is 11.4. The van der Waals surface area contributed by atoms with Gasteiger partial charge in [0, 0.05) is 49.6 Å². The fraction of sp³-hybridized carbons (Fsp3) is 0.636. The maximum Gasteiger partial charge on any atom is 0.107 e. The SMILES string of the molecule is CC(C)C#CCOCCOCCN1CCN(Cc2ccc(CI)cc2)CC1. The van der Waals surface area contributed by atoms with E-state index in [1.807, 2.05) is 0 Å². The first-order chi connectivity index (χ1) is 13.2. The van der Waals surface area contributed by atoms with E-state index in [2.05, 4.69) is 82.3 Å². The number of nitrogens with zero attached hydrogens (tertiary/aromatic N) is 2. The van der Waals surface area contributed by atoms with E-state index < -0.39 is 0 Å². The molecule has 4 nitrogen and oxygen atoms in total. The smallest absolute Gasteiger partial charge is 0.107 e. The number of piperazine rings is 1. The van der Waals surface area contributed by atoms with Crippen molar-refractivity contribution in [2.75, 3.05) is 59.2 Å². The molecular formula is C22H33IN2O2. The lowest BCUT2D eigenvalue weighted by atomic mass is 10.1. The molecule has 0 aromatic heterocycles. The predicted octanol–water partition coefficient (Wildman–Crippen LogP) is 3.43. The summed E-state index contributed by atoms with van der Waals surface area (Å²) >= 11 is 2.41. The van der Waals surface area contributed by atoms with Crippen molar-refractivity contribution in [3.05, 3.63) is 35.4 Å². The number of halogens is 1. The first kappa shape index (κ1) is 22.6. The van der Waals surface area contributed by atoms with Gasteiger partial charge in [-0.2, -0.15) is 0 Å². The maximum atomic E-state index is 5.68. The van der Waals surface area contributed by atoms with E-state index in [0.717, 1.165) is 50.3 Å². The Bertz CT molecular complexity index is 572. The molecule has 150 valence electrons. The van der Waals surface area contributed by atoms with Crippen LogP contribution in [-0.4, -0.2) is 69.0 Å². The minimum Gasteiger partial charge on any atom is -0.378 e. The Labute approximate surface area is 178 Å². The summed E-state index contributed by atoms with van der Waals surface area (Å²) in [5.41, 5.74) is 2.82. The average molecular weight is 484 g/mol. The second-order valence-electron chi connectivity index (χ2n) is 7.21. The van der Waals surface area contributed by atoms with Crippen LogP contribution in [-0.2, 0) is 20.4 Å². The number of rotatable bonds is 10. The van der Waals surface area contributed by atoms with E-state index >= 15 is 0 Å². The number of hydrogen-bond acceptors (Lipinski definition) is 4. The Kier molecular flexibility index (Phi) is 11.3. The normalized spacial score (nSPS) is 15.7. The van der Waals surface area contributed by atoms with Gasteiger partial charge in [0.05, 0.1) is 19.8 Å². The molecular weight excluding hydrogens is 451 g/mol. The third-order valence-electron chi connectivity index (χ3n) is 4.54. The zero-order valence-corrected chi connectivity index (χ0v) is 18.9. The van der Waals surface area contributed by atoms with Crippen LogP contribution >= 0.6 is 22.6 Å². The van der Waals surface area contributed by atoms with Gasteiger partial charge in [-0.05, 0) is 11.1 Å². The molecule has 2 rings (SSSR count). The summed E-state index contributed by atoms with van der Waals surface area (Å²) in [4.78, 5) is 5.03. The van der Waals surface area contributed by atoms with Crippen LogP contribution in [0.4, 0.5) is 0 Å². The fourth-order valence-electron chi connectivity index (χ4n) is 2.95. The molecule has 0 amide bonds. The molecule has 1 aliphatic rings. The Balaban J connectivity index is 1.49. The molecule has 0 spiro atoms. The van der Waals surface area contributed by atoms with Gasteiger partial charge >= 0.3 is 0 Å². The molecule has 0 saturated carbocycles. The van der Waals surface area contributed by atoms with E-state index in [9.17, 15) is 0 Å². The van der Waals surface area contributed by atoms with Gasteiger partial charge in [0.2, 0.25) is 0 Å². The summed E-state index contributed by atoms with van der Waals surface area (Å²) < 4.78 is 12.2. The molecule has 0 N–H and O–H groups in total. The highest BCUT2D eigenvalue weighted by Gasteiger charge is 2.16. The lowest BCUT2D eigenvalue weighted by Gasteiger charge is -2.34. The van der Waals surface area contributed by atoms with Gasteiger partial charge in [0.15, 0.2) is 0 Å². The number of hydrogen-bond donors (Lipinski definition) is 0. The Hall–Kier alpha value is -0.650. The van der Waals surface area contributed by atoms with Crippen molar-refractivity contribution in [2.24, 2.45) is 5.92 Å². The first-order valence-electron chi connectivity index (χ1n) is 9.89. The van der Waals surface area contributed by atoms with E-state index in [1.165, 1.54) is 11.1 Å². The molecule has 0 bridgehead atoms. The monoisotopic (exact) mass is 484 g/mol. The molecule has 0 aliphatic carbocycles. The van der Waals surface area contributed by atoms with Crippen LogP contribution in [0.1, 0.15) is 25.0 Å². The summed E-state index contributed by atoms with van der Waals surface area (Å²) in [6.07, 6.45) is 0. The number of alkyl halides is 1. The summed E-state index contributed by atoms with van der Waals surface area (Å²) in [5.74, 6) is 6.51. The summed E-state index contributed by atoms with van der Waals surface area (Å²) in [5, 5.41) is 0. The minimum absolute atomic E-state index is 0.409. The van der Waals surface area contributed by atoms with Crippen molar-refractivity contribution in [3.8, 4) is 11.8 Å². The van der Waals surface area contributed by atoms with Crippen LogP contribution in [0, 0.1) is 17.8 Å². The standard InChI is InChI=1S/C22H33IN2O2/c1-20(2)4-3-14-26-16-17-27-15-13-24-9-11-25(12-10-24)19-22-7-5-21(18-23)6-8-22/h5-8,20H,9-19H2,1-2H3. The highest BCUT2D eigenvalue weighted by Crippen LogP contribution is 2.12. The van der Waals surface area contributed by atoms with Crippen LogP contribution in [0.3, 0.4) is 0 Å². The van der Waals surface area contributed by atoms with E-state index in [1.54, 1.807) is 0 Å². The van der Waals surface area contributed by atoms with Crippen LogP contribution in [0.5, 0.6) is 0 Å². The maximum absolute atomic E-state index is 5.68. The lowest BCUT2D eigenvalue weighted by molar-refractivity contribution is 0.0391. The molecule has 1 aromatic rings. The van der Waals surface area contributed by atoms with Gasteiger partial charge in [-0.25, -0.2) is 0 Å². The zero-order valence-electron chi connectivity index (χ0n) is 16.8. The highest BCUT2D eigenvalue weighted by atomic mass is 127. The largest absolute Gasteiger partial charge is 0.378 e. The third kappa shape index (κ3) is 9.91. The van der Waals surface area contributed by atoms with Crippen molar-refractivity contribution < 1.29 is 9.47 Å². The van der Waals surface area contributed by atoms with Crippen LogP contribution in [0.25, 0.3) is 0 Å². The Morgan fingerprint density at radius 2 is 1.56 bits per heavy atom. The van der Waals surface area contributed by atoms with Gasteiger partial charge in [-0.15, -0.1) is 0 Å². The molecule has 1 aromatic carbocycles. The van der Waals surface area contributed by atoms with Gasteiger partial charge < -0.3 is 9.47 Å². The van der Waals surface area contributed by atoms with Crippen molar-refractivity contribution in [1.29, 1.82) is 0 Å². The highest BCUT2D eigenvalue weighted by molar-refractivity contribution is 14.1. The summed E-state index contributed by atoms with van der Waals surface area (Å²) in [6, 6.07) is 9.03. The molecule has 5 heteroatoms. The van der Waals surface area contributed by atoms with Crippen LogP contribution in [0.2, 0.25) is 0 Å². The topological polar surface area (TPSA) is 24.9 Å². The van der Waals surface area contributed by atoms with E-state index in [4.69, 9.17) is 9.47 Å². The molecule has 0 atom stereocenters. The van der Waals surface area contributed by atoms with Crippen molar-refractivity contribution in [1.82, 2.24) is 9.80 Å². The molecule has 1 aliphatic heterocycles. The lowest BCUT2D eigenvalue weighted by Crippen LogP contribution is -2.46. The van der Waals surface area contributed by atoms with Crippen LogP contribution in [0.15, 0.2) is 24.3 Å². The second-order valence-corrected chi connectivity index (χ2v) is 7.97. The Morgan fingerprint density at radius 3 is 2.22 bits per heavy atom. The average Bonchev–Trinajstić information content (AvgIpc) is 2.68. The molecule has 1 saturated heterocycles. The molecule has 0 radical (unpaired) electrons. The van der Waals surface area contributed by atoms with Gasteiger partial charge in [0.1, 0.15) is 6.61 Å². The van der Waals surface area contributed by atoms with Gasteiger partial charge in [-0.1, -0.05) is 72.5 Å². The van der Waals surface area contributed by atoms with Crippen molar-refractivity contribution >= 4 is 22.6 Å². The van der Waals surface area contributed by atoms with E-state index in [-0.39, 0.29) is 0 Å². The fourth-order valence-corrected chi connectivity index (χ4v) is 3.45. The summed E-state index contributed by atoms with van der Waals surface area (Å²) in [7, 11) is 0. The molecule has 1 fully saturated rings. The van der Waals surface area contributed by atoms with Gasteiger partial charge in [-0.3, -0.25) is 9.80 Å². The predicted molar refractivity (Wildman–Crippen MR) is 120 cm³/mol. The molecule has 0 unspecified atom stereocenters. The van der Waals surface area contributed by atoms with Crippen molar-refractivity contribution in [3.63, 3.8) is 0 Å². The van der Waals surface area contributed by atoms with E-state index in [0.29, 0.717) is 25.7 Å². The number of ether oxygens (including phenoxy) is 2. The van der Waals surface area contributed by atoms with Crippen molar-refractivity contribution in [2.45, 2.75) is 24.8 Å². The minimum atomic E-state index is 0.409. The molecule has 27 heavy (non-hydrogen) atoms.